The van der Waals surface area contributed by atoms with Crippen LogP contribution in [-0.2, 0) is 17.6 Å². The first-order chi connectivity index (χ1) is 8.22. The minimum absolute atomic E-state index is 0.0109. The first kappa shape index (κ1) is 11.2. The Balaban J connectivity index is 1.56. The average molecular weight is 251 g/mol. The number of hydrogen-bond donors (Lipinski definition) is 2. The summed E-state index contributed by atoms with van der Waals surface area (Å²) in [4.78, 5) is 17.5. The van der Waals surface area contributed by atoms with Crippen molar-refractivity contribution in [3.05, 3.63) is 10.6 Å². The van der Waals surface area contributed by atoms with Crippen molar-refractivity contribution in [2.24, 2.45) is 11.7 Å². The standard InChI is InChI=1S/C12H17N3OS/c13-8(7-4-5-7)6-11(16)15-12-14-9-2-1-3-10(9)17-12/h7-8H,1-6,13H2,(H,14,15,16). The summed E-state index contributed by atoms with van der Waals surface area (Å²) in [5.74, 6) is 0.582. The first-order valence-electron chi connectivity index (χ1n) is 6.26. The summed E-state index contributed by atoms with van der Waals surface area (Å²) in [6.45, 7) is 0. The van der Waals surface area contributed by atoms with Crippen LogP contribution in [0.4, 0.5) is 5.13 Å². The Morgan fingerprint density at radius 3 is 3.06 bits per heavy atom. The topological polar surface area (TPSA) is 68.0 Å². The molecule has 1 amide bonds. The Morgan fingerprint density at radius 2 is 2.35 bits per heavy atom. The Hall–Kier alpha value is -0.940. The van der Waals surface area contributed by atoms with Crippen molar-refractivity contribution < 1.29 is 4.79 Å². The van der Waals surface area contributed by atoms with Gasteiger partial charge in [-0.3, -0.25) is 4.79 Å². The van der Waals surface area contributed by atoms with Gasteiger partial charge in [0.25, 0.3) is 0 Å². The second-order valence-electron chi connectivity index (χ2n) is 5.00. The fourth-order valence-corrected chi connectivity index (χ4v) is 3.39. The van der Waals surface area contributed by atoms with Crippen LogP contribution in [0.5, 0.6) is 0 Å². The summed E-state index contributed by atoms with van der Waals surface area (Å²) in [7, 11) is 0. The van der Waals surface area contributed by atoms with Gasteiger partial charge in [-0.15, -0.1) is 11.3 Å². The van der Waals surface area contributed by atoms with E-state index in [0.717, 1.165) is 18.0 Å². The Labute approximate surface area is 105 Å². The number of rotatable bonds is 4. The molecule has 2 aliphatic carbocycles. The number of hydrogen-bond acceptors (Lipinski definition) is 4. The number of nitrogens with zero attached hydrogens (tertiary/aromatic N) is 1. The summed E-state index contributed by atoms with van der Waals surface area (Å²) in [6, 6.07) is 0.0295. The molecular formula is C12H17N3OS. The van der Waals surface area contributed by atoms with Gasteiger partial charge in [0.2, 0.25) is 5.91 Å². The maximum absolute atomic E-state index is 11.8. The van der Waals surface area contributed by atoms with Crippen molar-refractivity contribution in [2.75, 3.05) is 5.32 Å². The lowest BCUT2D eigenvalue weighted by molar-refractivity contribution is -0.116. The molecule has 0 radical (unpaired) electrons. The maximum atomic E-state index is 11.8. The number of carbonyl (C=O) groups is 1. The zero-order valence-electron chi connectivity index (χ0n) is 9.74. The van der Waals surface area contributed by atoms with Crippen LogP contribution >= 0.6 is 11.3 Å². The number of anilines is 1. The van der Waals surface area contributed by atoms with Gasteiger partial charge in [0, 0.05) is 17.3 Å². The summed E-state index contributed by atoms with van der Waals surface area (Å²) in [5, 5.41) is 3.63. The molecule has 1 saturated carbocycles. The average Bonchev–Trinajstić information content (AvgIpc) is 2.92. The van der Waals surface area contributed by atoms with Gasteiger partial charge in [0.1, 0.15) is 0 Å². The number of amides is 1. The molecule has 1 atom stereocenters. The summed E-state index contributed by atoms with van der Waals surface area (Å²) >= 11 is 1.62. The lowest BCUT2D eigenvalue weighted by Crippen LogP contribution is -2.28. The van der Waals surface area contributed by atoms with E-state index in [1.54, 1.807) is 11.3 Å². The first-order valence-corrected chi connectivity index (χ1v) is 7.08. The van der Waals surface area contributed by atoms with Crippen LogP contribution in [0.25, 0.3) is 0 Å². The zero-order chi connectivity index (χ0) is 11.8. The molecule has 2 aliphatic rings. The predicted octanol–water partition coefficient (Wildman–Crippen LogP) is 1.70. The second-order valence-corrected chi connectivity index (χ2v) is 6.08. The molecule has 0 bridgehead atoms. The van der Waals surface area contributed by atoms with Crippen molar-refractivity contribution >= 4 is 22.4 Å². The molecule has 4 nitrogen and oxygen atoms in total. The molecule has 1 fully saturated rings. The largest absolute Gasteiger partial charge is 0.327 e. The van der Waals surface area contributed by atoms with Crippen molar-refractivity contribution in [1.29, 1.82) is 0 Å². The quantitative estimate of drug-likeness (QED) is 0.855. The van der Waals surface area contributed by atoms with Crippen molar-refractivity contribution in [1.82, 2.24) is 4.98 Å². The molecule has 0 saturated heterocycles. The number of aryl methyl sites for hydroxylation is 2. The minimum Gasteiger partial charge on any atom is -0.327 e. The highest BCUT2D eigenvalue weighted by Gasteiger charge is 2.30. The van der Waals surface area contributed by atoms with Gasteiger partial charge >= 0.3 is 0 Å². The van der Waals surface area contributed by atoms with Gasteiger partial charge < -0.3 is 11.1 Å². The predicted molar refractivity (Wildman–Crippen MR) is 68.1 cm³/mol. The van der Waals surface area contributed by atoms with Gasteiger partial charge in [-0.2, -0.15) is 0 Å². The van der Waals surface area contributed by atoms with E-state index in [4.69, 9.17) is 5.73 Å². The summed E-state index contributed by atoms with van der Waals surface area (Å²) < 4.78 is 0. The molecule has 1 aromatic heterocycles. The SMILES string of the molecule is NC(CC(=O)Nc1nc2c(s1)CCC2)C1CC1. The van der Waals surface area contributed by atoms with Crippen LogP contribution in [0, 0.1) is 5.92 Å². The Bertz CT molecular complexity index is 417. The normalized spacial score (nSPS) is 20.1. The van der Waals surface area contributed by atoms with E-state index in [1.807, 2.05) is 0 Å². The summed E-state index contributed by atoms with van der Waals surface area (Å²) in [5.41, 5.74) is 7.11. The third-order valence-electron chi connectivity index (χ3n) is 3.49. The fourth-order valence-electron chi connectivity index (χ4n) is 2.32. The monoisotopic (exact) mass is 251 g/mol. The van der Waals surface area contributed by atoms with Gasteiger partial charge in [0.15, 0.2) is 5.13 Å². The van der Waals surface area contributed by atoms with Crippen molar-refractivity contribution in [3.8, 4) is 0 Å². The third-order valence-corrected chi connectivity index (χ3v) is 4.56. The van der Waals surface area contributed by atoms with Crippen LogP contribution in [0.3, 0.4) is 0 Å². The van der Waals surface area contributed by atoms with Crippen LogP contribution in [0.2, 0.25) is 0 Å². The molecule has 17 heavy (non-hydrogen) atoms. The van der Waals surface area contributed by atoms with E-state index < -0.39 is 0 Å². The highest BCUT2D eigenvalue weighted by atomic mass is 32.1. The fraction of sp³-hybridized carbons (Fsp3) is 0.667. The molecule has 0 aromatic carbocycles. The Morgan fingerprint density at radius 1 is 1.53 bits per heavy atom. The highest BCUT2D eigenvalue weighted by Crippen LogP contribution is 2.33. The van der Waals surface area contributed by atoms with Crippen molar-refractivity contribution in [2.45, 2.75) is 44.6 Å². The molecule has 0 spiro atoms. The number of aromatic nitrogens is 1. The molecule has 1 unspecified atom stereocenters. The van der Waals surface area contributed by atoms with E-state index in [0.29, 0.717) is 12.3 Å². The van der Waals surface area contributed by atoms with Crippen LogP contribution in [-0.4, -0.2) is 16.9 Å². The number of fused-ring (bicyclic) bond motifs is 1. The molecule has 1 heterocycles. The zero-order valence-corrected chi connectivity index (χ0v) is 10.6. The summed E-state index contributed by atoms with van der Waals surface area (Å²) in [6.07, 6.45) is 6.16. The van der Waals surface area contributed by atoms with E-state index >= 15 is 0 Å². The van der Waals surface area contributed by atoms with Gasteiger partial charge in [-0.25, -0.2) is 4.98 Å². The molecular weight excluding hydrogens is 234 g/mol. The van der Waals surface area contributed by atoms with E-state index in [1.165, 1.54) is 29.8 Å². The van der Waals surface area contributed by atoms with E-state index in [9.17, 15) is 4.79 Å². The second kappa shape index (κ2) is 4.38. The number of carbonyl (C=O) groups excluding carboxylic acids is 1. The van der Waals surface area contributed by atoms with E-state index in [-0.39, 0.29) is 11.9 Å². The number of nitrogens with two attached hydrogens (primary N) is 1. The van der Waals surface area contributed by atoms with Gasteiger partial charge in [-0.05, 0) is 38.0 Å². The number of nitrogens with one attached hydrogen (secondary N) is 1. The lowest BCUT2D eigenvalue weighted by atomic mass is 10.1. The molecule has 1 aromatic rings. The van der Waals surface area contributed by atoms with Crippen molar-refractivity contribution in [3.63, 3.8) is 0 Å². The van der Waals surface area contributed by atoms with Crippen LogP contribution in [0.15, 0.2) is 0 Å². The maximum Gasteiger partial charge on any atom is 0.227 e. The lowest BCUT2D eigenvalue weighted by Gasteiger charge is -2.08. The molecule has 0 aliphatic heterocycles. The molecule has 3 rings (SSSR count). The number of thiazole rings is 1. The molecule has 92 valence electrons. The van der Waals surface area contributed by atoms with Gasteiger partial charge in [0.05, 0.1) is 5.69 Å². The van der Waals surface area contributed by atoms with E-state index in [2.05, 4.69) is 10.3 Å². The van der Waals surface area contributed by atoms with Crippen LogP contribution < -0.4 is 11.1 Å². The smallest absolute Gasteiger partial charge is 0.227 e. The molecule has 3 N–H and O–H groups in total. The highest BCUT2D eigenvalue weighted by molar-refractivity contribution is 7.15. The van der Waals surface area contributed by atoms with Crippen LogP contribution in [0.1, 0.15) is 36.3 Å². The third kappa shape index (κ3) is 2.50. The van der Waals surface area contributed by atoms with Gasteiger partial charge in [-0.1, -0.05) is 0 Å². The molecule has 5 heteroatoms. The minimum atomic E-state index is 0.0109. The Kier molecular flexibility index (Phi) is 2.88.